The molecular weight excluding hydrogens is 400 g/mol. The SMILES string of the molecule is CC(=O)NC1=NN(C(C)=O)C2(S1)C(=O)N(Cc1ccccc1)c1c(C)cc(C)cc12. The van der Waals surface area contributed by atoms with Gasteiger partial charge in [-0.25, -0.2) is 0 Å². The van der Waals surface area contributed by atoms with Crippen molar-refractivity contribution in [2.24, 2.45) is 5.10 Å². The molecule has 2 aliphatic rings. The van der Waals surface area contributed by atoms with Gasteiger partial charge in [0.2, 0.25) is 16.7 Å². The number of anilines is 1. The van der Waals surface area contributed by atoms with Gasteiger partial charge < -0.3 is 10.2 Å². The van der Waals surface area contributed by atoms with Crippen LogP contribution in [-0.4, -0.2) is 27.9 Å². The number of amides is 3. The molecule has 0 aromatic heterocycles. The maximum Gasteiger partial charge on any atom is 0.271 e. The van der Waals surface area contributed by atoms with Gasteiger partial charge in [0.05, 0.1) is 12.2 Å². The van der Waals surface area contributed by atoms with Crippen LogP contribution < -0.4 is 10.2 Å². The smallest absolute Gasteiger partial charge is 0.271 e. The Labute approximate surface area is 179 Å². The third kappa shape index (κ3) is 3.08. The lowest BCUT2D eigenvalue weighted by Crippen LogP contribution is -2.48. The molecule has 7 nitrogen and oxygen atoms in total. The first-order chi connectivity index (χ1) is 14.2. The number of hydrazone groups is 1. The zero-order chi connectivity index (χ0) is 21.6. The Hall–Kier alpha value is -3.13. The average Bonchev–Trinajstić information content (AvgIpc) is 3.15. The molecule has 1 N–H and O–H groups in total. The monoisotopic (exact) mass is 422 g/mol. The van der Waals surface area contributed by atoms with Gasteiger partial charge in [-0.2, -0.15) is 5.01 Å². The normalized spacial score (nSPS) is 19.9. The summed E-state index contributed by atoms with van der Waals surface area (Å²) in [5, 5.41) is 8.37. The number of hydrogen-bond acceptors (Lipinski definition) is 5. The lowest BCUT2D eigenvalue weighted by molar-refractivity contribution is -0.139. The molecule has 1 unspecified atom stereocenters. The van der Waals surface area contributed by atoms with Crippen molar-refractivity contribution in [2.75, 3.05) is 4.90 Å². The van der Waals surface area contributed by atoms with Crippen LogP contribution in [0, 0.1) is 13.8 Å². The van der Waals surface area contributed by atoms with Crippen molar-refractivity contribution in [1.29, 1.82) is 0 Å². The summed E-state index contributed by atoms with van der Waals surface area (Å²) in [5.41, 5.74) is 4.41. The first kappa shape index (κ1) is 20.2. The first-order valence-corrected chi connectivity index (χ1v) is 10.4. The minimum Gasteiger partial charge on any atom is -0.304 e. The van der Waals surface area contributed by atoms with E-state index in [4.69, 9.17) is 0 Å². The zero-order valence-corrected chi connectivity index (χ0v) is 18.0. The van der Waals surface area contributed by atoms with E-state index >= 15 is 0 Å². The number of thioether (sulfide) groups is 1. The van der Waals surface area contributed by atoms with Crippen LogP contribution in [0.4, 0.5) is 5.69 Å². The summed E-state index contributed by atoms with van der Waals surface area (Å²) in [4.78, 5) is 38.4. The van der Waals surface area contributed by atoms with E-state index in [-0.39, 0.29) is 22.9 Å². The van der Waals surface area contributed by atoms with Gasteiger partial charge in [0, 0.05) is 19.4 Å². The van der Waals surface area contributed by atoms with Gasteiger partial charge in [-0.3, -0.25) is 14.4 Å². The highest BCUT2D eigenvalue weighted by Gasteiger charge is 2.61. The molecule has 4 rings (SSSR count). The largest absolute Gasteiger partial charge is 0.304 e. The summed E-state index contributed by atoms with van der Waals surface area (Å²) in [6, 6.07) is 13.7. The maximum atomic E-state index is 13.9. The topological polar surface area (TPSA) is 82.1 Å². The molecule has 0 saturated heterocycles. The number of fused-ring (bicyclic) bond motifs is 2. The fourth-order valence-corrected chi connectivity index (χ4v) is 5.37. The van der Waals surface area contributed by atoms with Crippen LogP contribution >= 0.6 is 11.8 Å². The maximum absolute atomic E-state index is 13.9. The number of nitrogens with one attached hydrogen (secondary N) is 1. The van der Waals surface area contributed by atoms with Crippen LogP contribution in [0.2, 0.25) is 0 Å². The molecule has 2 aliphatic heterocycles. The predicted octanol–water partition coefficient (Wildman–Crippen LogP) is 3.01. The Balaban J connectivity index is 1.88. The van der Waals surface area contributed by atoms with Gasteiger partial charge in [0.15, 0.2) is 5.17 Å². The van der Waals surface area contributed by atoms with E-state index in [1.807, 2.05) is 56.3 Å². The summed E-state index contributed by atoms with van der Waals surface area (Å²) in [7, 11) is 0. The van der Waals surface area contributed by atoms with Crippen molar-refractivity contribution in [1.82, 2.24) is 10.3 Å². The van der Waals surface area contributed by atoms with E-state index in [0.717, 1.165) is 34.1 Å². The molecule has 2 heterocycles. The van der Waals surface area contributed by atoms with Crippen molar-refractivity contribution in [3.8, 4) is 0 Å². The molecular formula is C22H22N4O3S. The van der Waals surface area contributed by atoms with Gasteiger partial charge in [0.25, 0.3) is 5.91 Å². The quantitative estimate of drug-likeness (QED) is 0.807. The fraction of sp³-hybridized carbons (Fsp3) is 0.273. The number of carbonyl (C=O) groups excluding carboxylic acids is 3. The molecule has 1 atom stereocenters. The van der Waals surface area contributed by atoms with Crippen molar-refractivity contribution < 1.29 is 14.4 Å². The molecule has 0 saturated carbocycles. The Morgan fingerprint density at radius 1 is 1.13 bits per heavy atom. The third-order valence-corrected chi connectivity index (χ3v) is 6.35. The molecule has 30 heavy (non-hydrogen) atoms. The Bertz CT molecular complexity index is 1100. The number of hydrogen-bond donors (Lipinski definition) is 1. The molecule has 0 radical (unpaired) electrons. The van der Waals surface area contributed by atoms with E-state index in [2.05, 4.69) is 10.4 Å². The van der Waals surface area contributed by atoms with E-state index in [0.29, 0.717) is 12.1 Å². The standard InChI is InChI=1S/C22H22N4O3S/c1-13-10-14(2)19-18(11-13)22(20(29)25(19)12-17-8-6-5-7-9-17)26(16(4)28)24-21(30-22)23-15(3)27/h5-11H,12H2,1-4H3,(H,23,24,27). The number of amidine groups is 1. The second-order valence-electron chi connectivity index (χ2n) is 7.52. The third-order valence-electron chi connectivity index (χ3n) is 5.11. The zero-order valence-electron chi connectivity index (χ0n) is 17.2. The Morgan fingerprint density at radius 3 is 2.47 bits per heavy atom. The lowest BCUT2D eigenvalue weighted by Gasteiger charge is -2.29. The number of rotatable bonds is 2. The number of aryl methyl sites for hydroxylation is 2. The number of benzene rings is 2. The Morgan fingerprint density at radius 2 is 1.83 bits per heavy atom. The van der Waals surface area contributed by atoms with Gasteiger partial charge in [-0.05, 0) is 36.7 Å². The highest BCUT2D eigenvalue weighted by molar-refractivity contribution is 8.15. The second-order valence-corrected chi connectivity index (χ2v) is 8.70. The van der Waals surface area contributed by atoms with Crippen LogP contribution in [0.25, 0.3) is 0 Å². The van der Waals surface area contributed by atoms with Crippen LogP contribution in [0.1, 0.15) is 36.1 Å². The molecule has 3 amide bonds. The molecule has 1 spiro atoms. The molecule has 2 aromatic carbocycles. The van der Waals surface area contributed by atoms with Crippen molar-refractivity contribution in [2.45, 2.75) is 39.1 Å². The van der Waals surface area contributed by atoms with Crippen LogP contribution in [0.3, 0.4) is 0 Å². The highest BCUT2D eigenvalue weighted by Crippen LogP contribution is 2.55. The van der Waals surface area contributed by atoms with E-state index in [9.17, 15) is 14.4 Å². The van der Waals surface area contributed by atoms with E-state index < -0.39 is 4.87 Å². The van der Waals surface area contributed by atoms with E-state index in [1.54, 1.807) is 4.90 Å². The summed E-state index contributed by atoms with van der Waals surface area (Å²) in [5.74, 6) is -0.934. The van der Waals surface area contributed by atoms with Crippen molar-refractivity contribution in [3.05, 3.63) is 64.7 Å². The molecule has 0 fully saturated rings. The van der Waals surface area contributed by atoms with Gasteiger partial charge >= 0.3 is 0 Å². The summed E-state index contributed by atoms with van der Waals surface area (Å²) >= 11 is 1.10. The van der Waals surface area contributed by atoms with Crippen LogP contribution in [-0.2, 0) is 25.8 Å². The van der Waals surface area contributed by atoms with Gasteiger partial charge in [-0.15, -0.1) is 5.10 Å². The van der Waals surface area contributed by atoms with Gasteiger partial charge in [0.1, 0.15) is 0 Å². The van der Waals surface area contributed by atoms with Gasteiger partial charge in [-0.1, -0.05) is 48.0 Å². The highest BCUT2D eigenvalue weighted by atomic mass is 32.2. The summed E-state index contributed by atoms with van der Waals surface area (Å²) in [6.45, 7) is 7.03. The minimum atomic E-state index is -1.37. The first-order valence-electron chi connectivity index (χ1n) is 9.57. The summed E-state index contributed by atoms with van der Waals surface area (Å²) < 4.78 is 0. The second kappa shape index (κ2) is 7.28. The van der Waals surface area contributed by atoms with E-state index in [1.165, 1.54) is 18.9 Å². The minimum absolute atomic E-state index is 0.234. The Kier molecular flexibility index (Phi) is 4.89. The molecule has 8 heteroatoms. The van der Waals surface area contributed by atoms with Crippen LogP contribution in [0.5, 0.6) is 0 Å². The number of carbonyl (C=O) groups is 3. The predicted molar refractivity (Wildman–Crippen MR) is 117 cm³/mol. The number of nitrogens with zero attached hydrogens (tertiary/aromatic N) is 3. The lowest BCUT2D eigenvalue weighted by atomic mass is 10.0. The molecule has 0 aliphatic carbocycles. The van der Waals surface area contributed by atoms with Crippen molar-refractivity contribution >= 4 is 40.3 Å². The molecule has 154 valence electrons. The summed E-state index contributed by atoms with van der Waals surface area (Å²) in [6.07, 6.45) is 0. The average molecular weight is 423 g/mol. The fourth-order valence-electron chi connectivity index (χ4n) is 4.05. The van der Waals surface area contributed by atoms with Crippen LogP contribution in [0.15, 0.2) is 47.6 Å². The molecule has 2 aromatic rings. The van der Waals surface area contributed by atoms with Crippen molar-refractivity contribution in [3.63, 3.8) is 0 Å². The molecule has 0 bridgehead atoms.